The molecule has 1 aromatic heterocycles. The molecule has 0 spiro atoms. The van der Waals surface area contributed by atoms with E-state index in [1.165, 1.54) is 0 Å². The fourth-order valence-electron chi connectivity index (χ4n) is 3.12. The summed E-state index contributed by atoms with van der Waals surface area (Å²) < 4.78 is 17.2. The van der Waals surface area contributed by atoms with Crippen LogP contribution >= 0.6 is 15.9 Å². The summed E-state index contributed by atoms with van der Waals surface area (Å²) in [7, 11) is 0. The van der Waals surface area contributed by atoms with Crippen LogP contribution in [0.4, 0.5) is 11.4 Å². The average molecular weight is 471 g/mol. The van der Waals surface area contributed by atoms with Gasteiger partial charge in [0, 0.05) is 5.69 Å². The highest BCUT2D eigenvalue weighted by molar-refractivity contribution is 9.10. The zero-order chi connectivity index (χ0) is 21.1. The van der Waals surface area contributed by atoms with E-state index in [1.807, 2.05) is 30.3 Å². The van der Waals surface area contributed by atoms with Gasteiger partial charge in [-0.3, -0.25) is 9.59 Å². The Labute approximate surface area is 181 Å². The van der Waals surface area contributed by atoms with Gasteiger partial charge in [0.1, 0.15) is 18.1 Å². The summed E-state index contributed by atoms with van der Waals surface area (Å²) in [6.45, 7) is 2.37. The molecule has 1 N–H and O–H groups in total. The lowest BCUT2D eigenvalue weighted by atomic mass is 10.1. The molecule has 0 aliphatic carbocycles. The summed E-state index contributed by atoms with van der Waals surface area (Å²) in [5.74, 6) is 0.917. The van der Waals surface area contributed by atoms with Crippen LogP contribution in [0.3, 0.4) is 0 Å². The fourth-order valence-corrected chi connectivity index (χ4v) is 3.42. The maximum Gasteiger partial charge on any atom is 0.291 e. The minimum absolute atomic E-state index is 0.169. The summed E-state index contributed by atoms with van der Waals surface area (Å²) in [6.07, 6.45) is -0.602. The molecule has 2 amide bonds. The number of carbonyl (C=O) groups excluding carboxylic acids is 2. The number of furan rings is 1. The van der Waals surface area contributed by atoms with Crippen molar-refractivity contribution in [3.05, 3.63) is 71.1 Å². The van der Waals surface area contributed by atoms with Crippen LogP contribution < -0.4 is 19.7 Å². The molecule has 154 valence electrons. The molecule has 7 nitrogen and oxygen atoms in total. The third-order valence-corrected chi connectivity index (χ3v) is 4.98. The molecule has 3 aromatic rings. The first-order valence-corrected chi connectivity index (χ1v) is 10.2. The Morgan fingerprint density at radius 1 is 1.17 bits per heavy atom. The normalized spacial score (nSPS) is 15.3. The van der Waals surface area contributed by atoms with E-state index in [4.69, 9.17) is 13.9 Å². The van der Waals surface area contributed by atoms with Gasteiger partial charge in [0.2, 0.25) is 0 Å². The van der Waals surface area contributed by atoms with Crippen molar-refractivity contribution in [2.75, 3.05) is 23.4 Å². The average Bonchev–Trinajstić information content (AvgIpc) is 3.18. The van der Waals surface area contributed by atoms with Crippen LogP contribution in [0.1, 0.15) is 17.5 Å². The number of amides is 2. The minimum atomic E-state index is -0.602. The van der Waals surface area contributed by atoms with E-state index in [9.17, 15) is 9.59 Å². The lowest BCUT2D eigenvalue weighted by Gasteiger charge is -2.33. The van der Waals surface area contributed by atoms with Crippen molar-refractivity contribution in [3.63, 3.8) is 0 Å². The van der Waals surface area contributed by atoms with Crippen molar-refractivity contribution in [1.29, 1.82) is 0 Å². The van der Waals surface area contributed by atoms with Gasteiger partial charge < -0.3 is 24.1 Å². The zero-order valence-corrected chi connectivity index (χ0v) is 17.7. The summed E-state index contributed by atoms with van der Waals surface area (Å²) >= 11 is 3.18. The van der Waals surface area contributed by atoms with E-state index in [1.54, 1.807) is 42.2 Å². The Balaban J connectivity index is 1.51. The van der Waals surface area contributed by atoms with Gasteiger partial charge in [-0.15, -0.1) is 0 Å². The molecule has 8 heteroatoms. The van der Waals surface area contributed by atoms with Crippen LogP contribution in [0.25, 0.3) is 0 Å². The van der Waals surface area contributed by atoms with Gasteiger partial charge in [-0.05, 0) is 65.3 Å². The molecule has 0 fully saturated rings. The summed E-state index contributed by atoms with van der Waals surface area (Å²) in [5, 5.41) is 2.77. The molecule has 4 rings (SSSR count). The number of halogens is 1. The fraction of sp³-hybridized carbons (Fsp3) is 0.182. The third kappa shape index (κ3) is 4.33. The number of nitrogens with one attached hydrogen (secondary N) is 1. The van der Waals surface area contributed by atoms with Crippen LogP contribution in [0.5, 0.6) is 11.5 Å². The molecule has 0 saturated heterocycles. The monoisotopic (exact) mass is 470 g/mol. The van der Waals surface area contributed by atoms with E-state index in [0.717, 1.165) is 5.75 Å². The highest BCUT2D eigenvalue weighted by atomic mass is 79.9. The molecular weight excluding hydrogens is 452 g/mol. The number of carbonyl (C=O) groups is 2. The van der Waals surface area contributed by atoms with Crippen molar-refractivity contribution in [3.8, 4) is 11.5 Å². The molecule has 0 radical (unpaired) electrons. The van der Waals surface area contributed by atoms with Crippen molar-refractivity contribution < 1.29 is 23.5 Å². The van der Waals surface area contributed by atoms with Gasteiger partial charge in [0.25, 0.3) is 11.8 Å². The van der Waals surface area contributed by atoms with Crippen LogP contribution in [-0.4, -0.2) is 31.1 Å². The molecule has 0 saturated carbocycles. The molecular formula is C22H19BrN2O5. The van der Waals surface area contributed by atoms with E-state index < -0.39 is 12.0 Å². The largest absolute Gasteiger partial charge is 0.492 e. The van der Waals surface area contributed by atoms with Gasteiger partial charge >= 0.3 is 0 Å². The van der Waals surface area contributed by atoms with Crippen molar-refractivity contribution >= 4 is 39.1 Å². The second kappa shape index (κ2) is 8.62. The highest BCUT2D eigenvalue weighted by Crippen LogP contribution is 2.36. The van der Waals surface area contributed by atoms with Gasteiger partial charge in [0.15, 0.2) is 16.5 Å². The quantitative estimate of drug-likeness (QED) is 0.573. The maximum atomic E-state index is 12.7. The number of hydrogen-bond acceptors (Lipinski definition) is 5. The number of rotatable bonds is 6. The number of anilines is 2. The molecule has 1 aliphatic rings. The van der Waals surface area contributed by atoms with Crippen molar-refractivity contribution in [1.82, 2.24) is 0 Å². The summed E-state index contributed by atoms with van der Waals surface area (Å²) in [6, 6.07) is 17.8. The predicted octanol–water partition coefficient (Wildman–Crippen LogP) is 4.49. The number of hydrogen-bond donors (Lipinski definition) is 1. The Bertz CT molecular complexity index is 1070. The van der Waals surface area contributed by atoms with Crippen LogP contribution in [0.2, 0.25) is 0 Å². The zero-order valence-electron chi connectivity index (χ0n) is 16.1. The SMILES string of the molecule is CC1Oc2ccc(NC(=O)c3ccc(Br)o3)cc2N(CCOc2ccccc2)C1=O. The maximum absolute atomic E-state index is 12.7. The molecule has 1 atom stereocenters. The highest BCUT2D eigenvalue weighted by Gasteiger charge is 2.31. The standard InChI is InChI=1S/C22H19BrN2O5/c1-14-22(27)25(11-12-28-16-5-3-2-4-6-16)17-13-15(7-8-18(17)29-14)24-21(26)19-9-10-20(23)30-19/h2-10,13-14H,11-12H2,1H3,(H,24,26). The lowest BCUT2D eigenvalue weighted by Crippen LogP contribution is -2.46. The first-order valence-electron chi connectivity index (χ1n) is 9.38. The molecule has 0 bridgehead atoms. The molecule has 2 aromatic carbocycles. The van der Waals surface area contributed by atoms with Gasteiger partial charge in [-0.25, -0.2) is 0 Å². The Kier molecular flexibility index (Phi) is 5.76. The first-order chi connectivity index (χ1) is 14.5. The Morgan fingerprint density at radius 2 is 1.97 bits per heavy atom. The lowest BCUT2D eigenvalue weighted by molar-refractivity contribution is -0.125. The molecule has 1 unspecified atom stereocenters. The van der Waals surface area contributed by atoms with E-state index in [2.05, 4.69) is 21.2 Å². The number of fused-ring (bicyclic) bond motifs is 1. The first kappa shape index (κ1) is 20.0. The Hall–Kier alpha value is -3.26. The Morgan fingerprint density at radius 3 is 2.70 bits per heavy atom. The smallest absolute Gasteiger partial charge is 0.291 e. The second-order valence-corrected chi connectivity index (χ2v) is 7.43. The number of ether oxygens (including phenoxy) is 2. The van der Waals surface area contributed by atoms with Crippen molar-refractivity contribution in [2.24, 2.45) is 0 Å². The van der Waals surface area contributed by atoms with E-state index >= 15 is 0 Å². The number of benzene rings is 2. The van der Waals surface area contributed by atoms with Gasteiger partial charge in [0.05, 0.1) is 12.2 Å². The van der Waals surface area contributed by atoms with Crippen LogP contribution in [-0.2, 0) is 4.79 Å². The molecule has 2 heterocycles. The van der Waals surface area contributed by atoms with Gasteiger partial charge in [-0.2, -0.15) is 0 Å². The summed E-state index contributed by atoms with van der Waals surface area (Å²) in [4.78, 5) is 26.7. The topological polar surface area (TPSA) is 81.0 Å². The minimum Gasteiger partial charge on any atom is -0.492 e. The molecule has 30 heavy (non-hydrogen) atoms. The van der Waals surface area contributed by atoms with Crippen LogP contribution in [0, 0.1) is 0 Å². The number of nitrogens with zero attached hydrogens (tertiary/aromatic N) is 1. The third-order valence-electron chi connectivity index (χ3n) is 4.55. The van der Waals surface area contributed by atoms with Gasteiger partial charge in [-0.1, -0.05) is 18.2 Å². The summed E-state index contributed by atoms with van der Waals surface area (Å²) in [5.41, 5.74) is 1.10. The van der Waals surface area contributed by atoms with E-state index in [-0.39, 0.29) is 11.7 Å². The second-order valence-electron chi connectivity index (χ2n) is 6.65. The predicted molar refractivity (Wildman–Crippen MR) is 115 cm³/mol. The molecule has 1 aliphatic heterocycles. The van der Waals surface area contributed by atoms with Crippen LogP contribution in [0.15, 0.2) is 69.8 Å². The number of para-hydroxylation sites is 1. The van der Waals surface area contributed by atoms with E-state index in [0.29, 0.717) is 34.9 Å². The van der Waals surface area contributed by atoms with Crippen molar-refractivity contribution in [2.45, 2.75) is 13.0 Å².